The van der Waals surface area contributed by atoms with E-state index in [1.54, 1.807) is 13.1 Å². The molecule has 9 heteroatoms. The summed E-state index contributed by atoms with van der Waals surface area (Å²) < 4.78 is 26.8. The first kappa shape index (κ1) is 23.2. The van der Waals surface area contributed by atoms with E-state index in [0.29, 0.717) is 13.1 Å². The lowest BCUT2D eigenvalue weighted by molar-refractivity contribution is -0.135. The van der Waals surface area contributed by atoms with Gasteiger partial charge in [0.2, 0.25) is 20.9 Å². The van der Waals surface area contributed by atoms with E-state index in [4.69, 9.17) is 5.73 Å². The van der Waals surface area contributed by atoms with Crippen LogP contribution in [0.25, 0.3) is 0 Å². The fourth-order valence-electron chi connectivity index (χ4n) is 4.80. The number of aromatic nitrogens is 2. The number of likely N-dealkylation sites (tertiary alicyclic amines) is 2. The summed E-state index contributed by atoms with van der Waals surface area (Å²) in [6, 6.07) is 0. The number of sulfone groups is 1. The van der Waals surface area contributed by atoms with Crippen molar-refractivity contribution >= 4 is 15.7 Å². The fourth-order valence-corrected chi connectivity index (χ4v) is 5.82. The summed E-state index contributed by atoms with van der Waals surface area (Å²) in [5.41, 5.74) is 6.30. The van der Waals surface area contributed by atoms with E-state index in [0.717, 1.165) is 70.4 Å². The molecule has 0 atom stereocenters. The number of primary amides is 1. The number of carbonyl (C=O) groups is 1. The molecule has 2 aliphatic heterocycles. The number of piperidine rings is 2. The summed E-state index contributed by atoms with van der Waals surface area (Å²) in [5.74, 6) is -0.149. The van der Waals surface area contributed by atoms with Gasteiger partial charge in [-0.25, -0.2) is 13.4 Å². The molecule has 170 valence electrons. The second-order valence-corrected chi connectivity index (χ2v) is 10.8. The summed E-state index contributed by atoms with van der Waals surface area (Å²) in [7, 11) is -3.36. The van der Waals surface area contributed by atoms with Gasteiger partial charge in [0, 0.05) is 26.2 Å². The molecule has 8 nitrogen and oxygen atoms in total. The average Bonchev–Trinajstić information content (AvgIpc) is 3.16. The van der Waals surface area contributed by atoms with Gasteiger partial charge in [-0.15, -0.1) is 0 Å². The second kappa shape index (κ2) is 9.78. The minimum absolute atomic E-state index is 0.0518. The Kier molecular flexibility index (Phi) is 7.57. The fraction of sp³-hybridized carbons (Fsp3) is 0.810. The number of nitrogens with zero attached hydrogens (tertiary/aromatic N) is 4. The lowest BCUT2D eigenvalue weighted by Gasteiger charge is -2.48. The molecule has 3 rings (SSSR count). The molecule has 2 aliphatic rings. The van der Waals surface area contributed by atoms with Gasteiger partial charge in [-0.3, -0.25) is 14.6 Å². The molecule has 2 fully saturated rings. The van der Waals surface area contributed by atoms with Gasteiger partial charge in [-0.2, -0.15) is 0 Å². The Balaban J connectivity index is 1.73. The minimum Gasteiger partial charge on any atom is -0.368 e. The maximum atomic E-state index is 12.5. The highest BCUT2D eigenvalue weighted by molar-refractivity contribution is 7.91. The van der Waals surface area contributed by atoms with Gasteiger partial charge < -0.3 is 10.3 Å². The molecule has 2 saturated heterocycles. The number of amides is 1. The standard InChI is InChI=1S/C21H37N5O3S/c1-3-5-13-26-18(16-23-20(26)30(28,29)4-2)17-24-14-9-21(10-15-24,19(22)27)25-11-7-6-8-12-25/h16H,3-15,17H2,1-2H3,(H2,22,27). The van der Waals surface area contributed by atoms with Crippen molar-refractivity contribution in [3.63, 3.8) is 0 Å². The van der Waals surface area contributed by atoms with Crippen LogP contribution < -0.4 is 5.73 Å². The summed E-state index contributed by atoms with van der Waals surface area (Å²) >= 11 is 0. The van der Waals surface area contributed by atoms with Crippen LogP contribution in [0.2, 0.25) is 0 Å². The normalized spacial score (nSPS) is 21.0. The zero-order valence-corrected chi connectivity index (χ0v) is 19.3. The molecule has 0 aliphatic carbocycles. The van der Waals surface area contributed by atoms with E-state index in [1.807, 2.05) is 4.57 Å². The molecule has 1 amide bonds. The Hall–Kier alpha value is -1.45. The maximum absolute atomic E-state index is 12.5. The minimum atomic E-state index is -3.36. The van der Waals surface area contributed by atoms with Crippen LogP contribution in [-0.4, -0.2) is 71.1 Å². The third-order valence-electron chi connectivity index (χ3n) is 6.78. The molecule has 3 heterocycles. The molecule has 0 radical (unpaired) electrons. The average molecular weight is 440 g/mol. The van der Waals surface area contributed by atoms with Gasteiger partial charge in [0.1, 0.15) is 5.54 Å². The third-order valence-corrected chi connectivity index (χ3v) is 8.43. The SMILES string of the molecule is CCCCn1c(CN2CCC(C(N)=O)(N3CCCCC3)CC2)cnc1S(=O)(=O)CC. The summed E-state index contributed by atoms with van der Waals surface area (Å²) in [6.07, 6.45) is 8.55. The highest BCUT2D eigenvalue weighted by Crippen LogP contribution is 2.32. The topological polar surface area (TPSA) is 102 Å². The van der Waals surface area contributed by atoms with E-state index in [1.165, 1.54) is 6.42 Å². The zero-order chi connectivity index (χ0) is 21.8. The smallest absolute Gasteiger partial charge is 0.238 e. The van der Waals surface area contributed by atoms with Crippen LogP contribution in [0.5, 0.6) is 0 Å². The number of rotatable bonds is 9. The highest BCUT2D eigenvalue weighted by atomic mass is 32.2. The van der Waals surface area contributed by atoms with Crippen molar-refractivity contribution in [2.45, 2.75) is 82.6 Å². The Bertz CT molecular complexity index is 822. The van der Waals surface area contributed by atoms with Crippen LogP contribution in [0.4, 0.5) is 0 Å². The molecular weight excluding hydrogens is 402 g/mol. The number of hydrogen-bond acceptors (Lipinski definition) is 6. The molecule has 0 bridgehead atoms. The van der Waals surface area contributed by atoms with Crippen molar-refractivity contribution in [3.8, 4) is 0 Å². The number of carbonyl (C=O) groups excluding carboxylic acids is 1. The van der Waals surface area contributed by atoms with Crippen molar-refractivity contribution in [2.75, 3.05) is 31.9 Å². The van der Waals surface area contributed by atoms with Crippen LogP contribution in [0.15, 0.2) is 11.4 Å². The number of hydrogen-bond donors (Lipinski definition) is 1. The third kappa shape index (κ3) is 4.73. The maximum Gasteiger partial charge on any atom is 0.238 e. The predicted octanol–water partition coefficient (Wildman–Crippen LogP) is 1.78. The van der Waals surface area contributed by atoms with E-state index < -0.39 is 15.4 Å². The largest absolute Gasteiger partial charge is 0.368 e. The van der Waals surface area contributed by atoms with Gasteiger partial charge >= 0.3 is 0 Å². The van der Waals surface area contributed by atoms with Crippen LogP contribution in [0.3, 0.4) is 0 Å². The summed E-state index contributed by atoms with van der Waals surface area (Å²) in [4.78, 5) is 21.3. The highest BCUT2D eigenvalue weighted by Gasteiger charge is 2.45. The quantitative estimate of drug-likeness (QED) is 0.629. The second-order valence-electron chi connectivity index (χ2n) is 8.66. The van der Waals surface area contributed by atoms with E-state index >= 15 is 0 Å². The van der Waals surface area contributed by atoms with Crippen molar-refractivity contribution in [3.05, 3.63) is 11.9 Å². The van der Waals surface area contributed by atoms with Crippen LogP contribution in [0.1, 0.15) is 64.5 Å². The van der Waals surface area contributed by atoms with E-state index in [-0.39, 0.29) is 16.8 Å². The molecule has 30 heavy (non-hydrogen) atoms. The van der Waals surface area contributed by atoms with Gasteiger partial charge in [-0.05, 0) is 45.2 Å². The molecule has 1 aromatic heterocycles. The predicted molar refractivity (Wildman–Crippen MR) is 117 cm³/mol. The Morgan fingerprint density at radius 2 is 1.80 bits per heavy atom. The number of unbranched alkanes of at least 4 members (excludes halogenated alkanes) is 1. The van der Waals surface area contributed by atoms with Gasteiger partial charge in [0.25, 0.3) is 0 Å². The molecule has 0 unspecified atom stereocenters. The Labute approximate surface area is 180 Å². The molecular formula is C21H37N5O3S. The monoisotopic (exact) mass is 439 g/mol. The van der Waals surface area contributed by atoms with Crippen molar-refractivity contribution in [1.29, 1.82) is 0 Å². The van der Waals surface area contributed by atoms with Gasteiger partial charge in [0.05, 0.1) is 17.6 Å². The van der Waals surface area contributed by atoms with Crippen LogP contribution in [-0.2, 0) is 27.7 Å². The van der Waals surface area contributed by atoms with Crippen LogP contribution >= 0.6 is 0 Å². The number of imidazole rings is 1. The molecule has 0 spiro atoms. The van der Waals surface area contributed by atoms with Crippen molar-refractivity contribution in [1.82, 2.24) is 19.4 Å². The first-order valence-electron chi connectivity index (χ1n) is 11.4. The first-order valence-corrected chi connectivity index (χ1v) is 13.0. The van der Waals surface area contributed by atoms with Crippen LogP contribution in [0, 0.1) is 0 Å². The molecule has 2 N–H and O–H groups in total. The van der Waals surface area contributed by atoms with E-state index in [9.17, 15) is 13.2 Å². The summed E-state index contributed by atoms with van der Waals surface area (Å²) in [5, 5.41) is 0.185. The first-order chi connectivity index (χ1) is 14.3. The van der Waals surface area contributed by atoms with E-state index in [2.05, 4.69) is 21.7 Å². The zero-order valence-electron chi connectivity index (χ0n) is 18.5. The van der Waals surface area contributed by atoms with Gasteiger partial charge in [-0.1, -0.05) is 26.7 Å². The van der Waals surface area contributed by atoms with Gasteiger partial charge in [0.15, 0.2) is 0 Å². The molecule has 0 saturated carbocycles. The molecule has 1 aromatic rings. The lowest BCUT2D eigenvalue weighted by atomic mass is 9.83. The Morgan fingerprint density at radius 1 is 1.13 bits per heavy atom. The summed E-state index contributed by atoms with van der Waals surface area (Å²) in [6.45, 7) is 8.50. The lowest BCUT2D eigenvalue weighted by Crippen LogP contribution is -2.63. The Morgan fingerprint density at radius 3 is 2.37 bits per heavy atom. The van der Waals surface area contributed by atoms with Crippen molar-refractivity contribution in [2.24, 2.45) is 5.73 Å². The van der Waals surface area contributed by atoms with Crippen molar-refractivity contribution < 1.29 is 13.2 Å². The number of nitrogens with two attached hydrogens (primary N) is 1. The molecule has 0 aromatic carbocycles.